The van der Waals surface area contributed by atoms with E-state index in [2.05, 4.69) is 31.8 Å². The van der Waals surface area contributed by atoms with Crippen molar-refractivity contribution in [2.45, 2.75) is 0 Å². The number of carbonyl (C=O) groups is 3. The molecule has 0 heterocycles. The standard InChI is InChI=1S/C33H27BrClN3O7/c1-42-28-17-22(18-29(43-2)31(28)44-3)32(40)37-26-6-4-5-21(16-26)33(41)38-36-19-23-15-24(34)10-13-27(23)45-30(39)14-9-20-7-11-25(35)12-8-20/h4-19H,1-3H3,(H,37,40)(H,38,41)/b14-9+,36-19?. The fourth-order valence-electron chi connectivity index (χ4n) is 3.97. The summed E-state index contributed by atoms with van der Waals surface area (Å²) >= 11 is 9.28. The van der Waals surface area contributed by atoms with E-state index in [1.165, 1.54) is 51.8 Å². The van der Waals surface area contributed by atoms with Crippen LogP contribution in [0.25, 0.3) is 6.08 Å². The van der Waals surface area contributed by atoms with Crippen molar-refractivity contribution in [2.75, 3.05) is 26.6 Å². The molecule has 0 saturated heterocycles. The summed E-state index contributed by atoms with van der Waals surface area (Å²) in [4.78, 5) is 38.3. The summed E-state index contributed by atoms with van der Waals surface area (Å²) in [5.41, 5.74) is 4.53. The normalized spacial score (nSPS) is 10.9. The molecule has 0 bridgehead atoms. The molecule has 2 N–H and O–H groups in total. The number of ether oxygens (including phenoxy) is 4. The van der Waals surface area contributed by atoms with Crippen LogP contribution in [-0.2, 0) is 4.79 Å². The molecule has 0 atom stereocenters. The van der Waals surface area contributed by atoms with Gasteiger partial charge in [-0.2, -0.15) is 5.10 Å². The second-order valence-electron chi connectivity index (χ2n) is 9.14. The Labute approximate surface area is 272 Å². The zero-order chi connectivity index (χ0) is 32.3. The van der Waals surface area contributed by atoms with Crippen LogP contribution in [0, 0.1) is 0 Å². The number of carbonyl (C=O) groups excluding carboxylic acids is 3. The van der Waals surface area contributed by atoms with Gasteiger partial charge < -0.3 is 24.3 Å². The highest BCUT2D eigenvalue weighted by atomic mass is 79.9. The van der Waals surface area contributed by atoms with Gasteiger partial charge in [0.05, 0.1) is 27.5 Å². The molecule has 0 aromatic heterocycles. The molecule has 45 heavy (non-hydrogen) atoms. The third-order valence-electron chi connectivity index (χ3n) is 6.14. The Hall–Kier alpha value is -5.13. The number of nitrogens with one attached hydrogen (secondary N) is 2. The third-order valence-corrected chi connectivity index (χ3v) is 6.89. The molecular formula is C33H27BrClN3O7. The van der Waals surface area contributed by atoms with Gasteiger partial charge in [-0.3, -0.25) is 9.59 Å². The highest BCUT2D eigenvalue weighted by Crippen LogP contribution is 2.38. The van der Waals surface area contributed by atoms with Crippen LogP contribution in [-0.4, -0.2) is 45.3 Å². The molecule has 230 valence electrons. The molecule has 0 fully saturated rings. The predicted octanol–water partition coefficient (Wildman–Crippen LogP) is 6.76. The zero-order valence-electron chi connectivity index (χ0n) is 24.3. The lowest BCUT2D eigenvalue weighted by molar-refractivity contribution is -0.128. The van der Waals surface area contributed by atoms with Crippen molar-refractivity contribution in [3.8, 4) is 23.0 Å². The van der Waals surface area contributed by atoms with Crippen molar-refractivity contribution < 1.29 is 33.3 Å². The van der Waals surface area contributed by atoms with Gasteiger partial charge in [0.25, 0.3) is 11.8 Å². The minimum Gasteiger partial charge on any atom is -0.493 e. The average Bonchev–Trinajstić information content (AvgIpc) is 3.04. The van der Waals surface area contributed by atoms with Crippen LogP contribution in [0.2, 0.25) is 5.02 Å². The molecule has 4 aromatic rings. The van der Waals surface area contributed by atoms with Gasteiger partial charge in [0.1, 0.15) is 5.75 Å². The summed E-state index contributed by atoms with van der Waals surface area (Å²) < 4.78 is 22.1. The largest absolute Gasteiger partial charge is 0.493 e. The van der Waals surface area contributed by atoms with E-state index in [0.29, 0.717) is 38.0 Å². The van der Waals surface area contributed by atoms with Crippen LogP contribution in [0.3, 0.4) is 0 Å². The number of hydrazone groups is 1. The van der Waals surface area contributed by atoms with Crippen molar-refractivity contribution in [1.29, 1.82) is 0 Å². The molecule has 10 nitrogen and oxygen atoms in total. The van der Waals surface area contributed by atoms with Crippen LogP contribution in [0.5, 0.6) is 23.0 Å². The molecule has 0 aliphatic carbocycles. The maximum atomic E-state index is 13.0. The number of nitrogens with zero attached hydrogens (tertiary/aromatic N) is 1. The first-order valence-corrected chi connectivity index (χ1v) is 14.4. The van der Waals surface area contributed by atoms with Gasteiger partial charge in [-0.15, -0.1) is 0 Å². The molecule has 4 rings (SSSR count). The maximum Gasteiger partial charge on any atom is 0.336 e. The number of anilines is 1. The number of methoxy groups -OCH3 is 3. The molecule has 0 aliphatic heterocycles. The minimum atomic E-state index is -0.601. The second kappa shape index (κ2) is 15.6. The number of hydrogen-bond acceptors (Lipinski definition) is 8. The first kappa shape index (κ1) is 32.8. The summed E-state index contributed by atoms with van der Waals surface area (Å²) in [6.07, 6.45) is 4.25. The Bertz CT molecular complexity index is 1750. The van der Waals surface area contributed by atoms with Gasteiger partial charge in [0.15, 0.2) is 11.5 Å². The molecule has 2 amide bonds. The van der Waals surface area contributed by atoms with Gasteiger partial charge in [0, 0.05) is 37.9 Å². The summed E-state index contributed by atoms with van der Waals surface area (Å²) in [6, 6.07) is 21.3. The lowest BCUT2D eigenvalue weighted by atomic mass is 10.1. The number of benzene rings is 4. The average molecular weight is 693 g/mol. The van der Waals surface area contributed by atoms with Crippen LogP contribution < -0.4 is 29.7 Å². The van der Waals surface area contributed by atoms with Crippen LogP contribution in [0.4, 0.5) is 5.69 Å². The number of rotatable bonds is 11. The quantitative estimate of drug-likeness (QED) is 0.0585. The highest BCUT2D eigenvalue weighted by molar-refractivity contribution is 9.10. The lowest BCUT2D eigenvalue weighted by Crippen LogP contribution is -2.18. The van der Waals surface area contributed by atoms with E-state index in [9.17, 15) is 14.4 Å². The van der Waals surface area contributed by atoms with E-state index in [-0.39, 0.29) is 16.9 Å². The zero-order valence-corrected chi connectivity index (χ0v) is 26.6. The first-order valence-electron chi connectivity index (χ1n) is 13.2. The number of hydrogen-bond donors (Lipinski definition) is 2. The molecule has 0 radical (unpaired) electrons. The first-order chi connectivity index (χ1) is 21.7. The number of esters is 1. The van der Waals surface area contributed by atoms with Crippen molar-refractivity contribution in [1.82, 2.24) is 5.43 Å². The Balaban J connectivity index is 1.42. The summed E-state index contributed by atoms with van der Waals surface area (Å²) in [5, 5.41) is 7.37. The van der Waals surface area contributed by atoms with E-state index in [1.807, 2.05) is 0 Å². The van der Waals surface area contributed by atoms with Crippen molar-refractivity contribution >= 4 is 63.3 Å². The monoisotopic (exact) mass is 691 g/mol. The fourth-order valence-corrected chi connectivity index (χ4v) is 4.48. The summed E-state index contributed by atoms with van der Waals surface area (Å²) in [6.45, 7) is 0. The SMILES string of the molecule is COc1cc(C(=O)Nc2cccc(C(=O)NN=Cc3cc(Br)ccc3OC(=O)/C=C/c3ccc(Cl)cc3)c2)cc(OC)c1OC. The summed E-state index contributed by atoms with van der Waals surface area (Å²) in [5.74, 6) is -0.347. The smallest absolute Gasteiger partial charge is 0.336 e. The molecule has 0 aliphatic rings. The van der Waals surface area contributed by atoms with E-state index in [4.69, 9.17) is 30.5 Å². The van der Waals surface area contributed by atoms with Crippen molar-refractivity contribution in [3.05, 3.63) is 117 Å². The number of halogens is 2. The minimum absolute atomic E-state index is 0.235. The topological polar surface area (TPSA) is 125 Å². The Morgan fingerprint density at radius 1 is 0.800 bits per heavy atom. The Morgan fingerprint density at radius 3 is 2.18 bits per heavy atom. The molecule has 4 aromatic carbocycles. The Kier molecular flexibility index (Phi) is 11.3. The van der Waals surface area contributed by atoms with Crippen LogP contribution >= 0.6 is 27.5 Å². The van der Waals surface area contributed by atoms with Gasteiger partial charge in [-0.1, -0.05) is 45.7 Å². The molecule has 0 spiro atoms. The fraction of sp³-hybridized carbons (Fsp3) is 0.0909. The Morgan fingerprint density at radius 2 is 1.51 bits per heavy atom. The summed E-state index contributed by atoms with van der Waals surface area (Å²) in [7, 11) is 4.38. The van der Waals surface area contributed by atoms with Gasteiger partial charge in [0.2, 0.25) is 5.75 Å². The molecule has 12 heteroatoms. The van der Waals surface area contributed by atoms with Gasteiger partial charge >= 0.3 is 5.97 Å². The number of amides is 2. The van der Waals surface area contributed by atoms with Crippen molar-refractivity contribution in [2.24, 2.45) is 5.10 Å². The van der Waals surface area contributed by atoms with Gasteiger partial charge in [-0.25, -0.2) is 10.2 Å². The van der Waals surface area contributed by atoms with E-state index in [0.717, 1.165) is 5.56 Å². The third kappa shape index (κ3) is 8.94. The highest BCUT2D eigenvalue weighted by Gasteiger charge is 2.17. The second-order valence-corrected chi connectivity index (χ2v) is 10.5. The van der Waals surface area contributed by atoms with Crippen LogP contribution in [0.1, 0.15) is 31.8 Å². The maximum absolute atomic E-state index is 13.0. The lowest BCUT2D eigenvalue weighted by Gasteiger charge is -2.14. The van der Waals surface area contributed by atoms with E-state index >= 15 is 0 Å². The van der Waals surface area contributed by atoms with E-state index < -0.39 is 17.8 Å². The molecule has 0 unspecified atom stereocenters. The van der Waals surface area contributed by atoms with E-state index in [1.54, 1.807) is 66.7 Å². The van der Waals surface area contributed by atoms with Crippen LogP contribution in [0.15, 0.2) is 94.5 Å². The van der Waals surface area contributed by atoms with Crippen molar-refractivity contribution in [3.63, 3.8) is 0 Å². The molecule has 0 saturated carbocycles. The molecular weight excluding hydrogens is 666 g/mol. The van der Waals surface area contributed by atoms with Gasteiger partial charge in [-0.05, 0) is 72.3 Å². The predicted molar refractivity (Wildman–Crippen MR) is 176 cm³/mol.